The predicted molar refractivity (Wildman–Crippen MR) is 54.1 cm³/mol. The average molecular weight is 224 g/mol. The first kappa shape index (κ1) is 11.1. The number of anilines is 1. The van der Waals surface area contributed by atoms with Crippen LogP contribution in [0.5, 0.6) is 0 Å². The molecule has 0 saturated heterocycles. The molecule has 0 unspecified atom stereocenters. The molecule has 1 heterocycles. The highest BCUT2D eigenvalue weighted by molar-refractivity contribution is 7.15. The van der Waals surface area contributed by atoms with Gasteiger partial charge in [-0.25, -0.2) is 4.98 Å². The van der Waals surface area contributed by atoms with Gasteiger partial charge in [0.1, 0.15) is 6.54 Å². The second-order valence-electron chi connectivity index (χ2n) is 2.57. The number of nitrogens with zero attached hydrogens (tertiary/aromatic N) is 2. The molecule has 2 amide bonds. The van der Waals surface area contributed by atoms with E-state index in [1.165, 1.54) is 11.3 Å². The number of hydrogen-bond acceptors (Lipinski definition) is 5. The zero-order chi connectivity index (χ0) is 11.3. The number of nitrogens with one attached hydrogen (secondary N) is 2. The first-order valence-corrected chi connectivity index (χ1v) is 4.83. The highest BCUT2D eigenvalue weighted by atomic mass is 32.1. The standard InChI is InChI=1S/C8H8N4O2S/c1-5-4-11-8(15-5)12-7(14)6(13)10-3-2-9/h4H,3H2,1H3,(H,10,13)(H,11,12,14). The molecule has 0 atom stereocenters. The van der Waals surface area contributed by atoms with Gasteiger partial charge in [-0.3, -0.25) is 14.9 Å². The minimum absolute atomic E-state index is 0.191. The van der Waals surface area contributed by atoms with Crippen LogP contribution < -0.4 is 10.6 Å². The molecular formula is C8H8N4O2S. The highest BCUT2D eigenvalue weighted by Gasteiger charge is 2.14. The van der Waals surface area contributed by atoms with Crippen LogP contribution >= 0.6 is 11.3 Å². The van der Waals surface area contributed by atoms with Gasteiger partial charge in [0.2, 0.25) is 0 Å². The maximum absolute atomic E-state index is 11.2. The maximum atomic E-state index is 11.2. The van der Waals surface area contributed by atoms with Crippen molar-refractivity contribution in [1.82, 2.24) is 10.3 Å². The van der Waals surface area contributed by atoms with E-state index in [1.54, 1.807) is 12.3 Å². The zero-order valence-electron chi connectivity index (χ0n) is 7.90. The molecule has 0 aromatic carbocycles. The van der Waals surface area contributed by atoms with Crippen LogP contribution in [0.4, 0.5) is 5.13 Å². The van der Waals surface area contributed by atoms with Gasteiger partial charge in [-0.05, 0) is 6.92 Å². The minimum Gasteiger partial charge on any atom is -0.335 e. The number of hydrogen-bond donors (Lipinski definition) is 2. The quantitative estimate of drug-likeness (QED) is 0.547. The van der Waals surface area contributed by atoms with Crippen LogP contribution in [0.3, 0.4) is 0 Å². The van der Waals surface area contributed by atoms with Crippen molar-refractivity contribution in [2.75, 3.05) is 11.9 Å². The summed E-state index contributed by atoms with van der Waals surface area (Å²) in [6.07, 6.45) is 1.59. The molecule has 0 aliphatic rings. The summed E-state index contributed by atoms with van der Waals surface area (Å²) < 4.78 is 0. The van der Waals surface area contributed by atoms with Crippen molar-refractivity contribution in [3.8, 4) is 6.07 Å². The van der Waals surface area contributed by atoms with Crippen LogP contribution in [0.15, 0.2) is 6.20 Å². The molecule has 0 fully saturated rings. The third-order valence-corrected chi connectivity index (χ3v) is 2.20. The van der Waals surface area contributed by atoms with E-state index in [0.29, 0.717) is 5.13 Å². The number of aromatic nitrogens is 1. The van der Waals surface area contributed by atoms with Crippen LogP contribution in [-0.2, 0) is 9.59 Å². The monoisotopic (exact) mass is 224 g/mol. The van der Waals surface area contributed by atoms with E-state index in [-0.39, 0.29) is 6.54 Å². The molecular weight excluding hydrogens is 216 g/mol. The molecule has 0 radical (unpaired) electrons. The molecule has 0 aliphatic heterocycles. The molecule has 1 aromatic rings. The summed E-state index contributed by atoms with van der Waals surface area (Å²) in [6, 6.07) is 1.70. The fraction of sp³-hybridized carbons (Fsp3) is 0.250. The van der Waals surface area contributed by atoms with Crippen LogP contribution in [0.2, 0.25) is 0 Å². The lowest BCUT2D eigenvalue weighted by Crippen LogP contribution is -2.35. The SMILES string of the molecule is Cc1cnc(NC(=O)C(=O)NCC#N)s1. The lowest BCUT2D eigenvalue weighted by atomic mass is 10.5. The van der Waals surface area contributed by atoms with Gasteiger partial charge in [0.15, 0.2) is 5.13 Å². The summed E-state index contributed by atoms with van der Waals surface area (Å²) in [5.41, 5.74) is 0. The van der Waals surface area contributed by atoms with Gasteiger partial charge in [-0.15, -0.1) is 11.3 Å². The largest absolute Gasteiger partial charge is 0.335 e. The predicted octanol–water partition coefficient (Wildman–Crippen LogP) is 0.0298. The molecule has 15 heavy (non-hydrogen) atoms. The summed E-state index contributed by atoms with van der Waals surface area (Å²) in [7, 11) is 0. The lowest BCUT2D eigenvalue weighted by molar-refractivity contribution is -0.136. The van der Waals surface area contributed by atoms with E-state index in [0.717, 1.165) is 4.88 Å². The number of rotatable bonds is 2. The molecule has 78 valence electrons. The fourth-order valence-electron chi connectivity index (χ4n) is 0.766. The first-order valence-electron chi connectivity index (χ1n) is 4.02. The maximum Gasteiger partial charge on any atom is 0.315 e. The summed E-state index contributed by atoms with van der Waals surface area (Å²) in [6.45, 7) is 1.65. The third-order valence-electron chi connectivity index (χ3n) is 1.38. The van der Waals surface area contributed by atoms with Crippen molar-refractivity contribution in [3.63, 3.8) is 0 Å². The normalized spacial score (nSPS) is 9.07. The number of amides is 2. The summed E-state index contributed by atoms with van der Waals surface area (Å²) >= 11 is 1.27. The van der Waals surface area contributed by atoms with E-state index in [1.807, 2.05) is 6.92 Å². The van der Waals surface area contributed by atoms with E-state index in [9.17, 15) is 9.59 Å². The number of carbonyl (C=O) groups is 2. The number of nitriles is 1. The molecule has 0 spiro atoms. The molecule has 6 nitrogen and oxygen atoms in total. The summed E-state index contributed by atoms with van der Waals surface area (Å²) in [4.78, 5) is 27.0. The Kier molecular flexibility index (Phi) is 3.76. The van der Waals surface area contributed by atoms with Crippen LogP contribution in [0.1, 0.15) is 4.88 Å². The Balaban J connectivity index is 2.49. The number of carbonyl (C=O) groups excluding carboxylic acids is 2. The summed E-state index contributed by atoms with van der Waals surface area (Å²) in [5.74, 6) is -1.66. The number of aryl methyl sites for hydroxylation is 1. The van der Waals surface area contributed by atoms with Crippen molar-refractivity contribution in [2.45, 2.75) is 6.92 Å². The van der Waals surface area contributed by atoms with E-state index >= 15 is 0 Å². The van der Waals surface area contributed by atoms with Crippen molar-refractivity contribution in [3.05, 3.63) is 11.1 Å². The smallest absolute Gasteiger partial charge is 0.315 e. The van der Waals surface area contributed by atoms with Gasteiger partial charge >= 0.3 is 11.8 Å². The van der Waals surface area contributed by atoms with Crippen LogP contribution in [-0.4, -0.2) is 23.3 Å². The second-order valence-corrected chi connectivity index (χ2v) is 3.81. The number of thiazole rings is 1. The molecule has 0 saturated carbocycles. The van der Waals surface area contributed by atoms with Crippen molar-refractivity contribution in [2.24, 2.45) is 0 Å². The summed E-state index contributed by atoms with van der Waals surface area (Å²) in [5, 5.41) is 13.0. The Morgan fingerprint density at radius 1 is 1.60 bits per heavy atom. The van der Waals surface area contributed by atoms with Gasteiger partial charge in [-0.2, -0.15) is 5.26 Å². The van der Waals surface area contributed by atoms with Crippen molar-refractivity contribution >= 4 is 28.3 Å². The molecule has 7 heteroatoms. The first-order chi connectivity index (χ1) is 7.13. The van der Waals surface area contributed by atoms with E-state index in [4.69, 9.17) is 5.26 Å². The van der Waals surface area contributed by atoms with Crippen molar-refractivity contribution in [1.29, 1.82) is 5.26 Å². The van der Waals surface area contributed by atoms with Gasteiger partial charge in [0.05, 0.1) is 6.07 Å². The average Bonchev–Trinajstić information content (AvgIpc) is 2.60. The molecule has 1 rings (SSSR count). The third kappa shape index (κ3) is 3.36. The van der Waals surface area contributed by atoms with E-state index < -0.39 is 11.8 Å². The van der Waals surface area contributed by atoms with Gasteiger partial charge in [0, 0.05) is 11.1 Å². The topological polar surface area (TPSA) is 94.9 Å². The molecule has 0 aliphatic carbocycles. The molecule has 2 N–H and O–H groups in total. The Labute approximate surface area is 89.9 Å². The Bertz CT molecular complexity index is 421. The molecule has 0 bridgehead atoms. The second kappa shape index (κ2) is 5.07. The van der Waals surface area contributed by atoms with E-state index in [2.05, 4.69) is 15.6 Å². The minimum atomic E-state index is -0.843. The van der Waals surface area contributed by atoms with Gasteiger partial charge in [-0.1, -0.05) is 0 Å². The fourth-order valence-corrected chi connectivity index (χ4v) is 1.43. The Hall–Kier alpha value is -1.94. The van der Waals surface area contributed by atoms with Gasteiger partial charge in [0.25, 0.3) is 0 Å². The van der Waals surface area contributed by atoms with Crippen molar-refractivity contribution < 1.29 is 9.59 Å². The van der Waals surface area contributed by atoms with Crippen LogP contribution in [0.25, 0.3) is 0 Å². The highest BCUT2D eigenvalue weighted by Crippen LogP contribution is 2.15. The zero-order valence-corrected chi connectivity index (χ0v) is 8.72. The molecule has 1 aromatic heterocycles. The Morgan fingerprint density at radius 2 is 2.33 bits per heavy atom. The van der Waals surface area contributed by atoms with Crippen LogP contribution in [0, 0.1) is 18.3 Å². The Morgan fingerprint density at radius 3 is 2.87 bits per heavy atom. The van der Waals surface area contributed by atoms with Gasteiger partial charge < -0.3 is 5.32 Å². The lowest BCUT2D eigenvalue weighted by Gasteiger charge is -1.99.